The second kappa shape index (κ2) is 8.71. The van der Waals surface area contributed by atoms with Crippen molar-refractivity contribution in [3.63, 3.8) is 0 Å². The third-order valence-electron chi connectivity index (χ3n) is 4.51. The van der Waals surface area contributed by atoms with Crippen molar-refractivity contribution in [2.75, 3.05) is 45.9 Å². The van der Waals surface area contributed by atoms with E-state index >= 15 is 0 Å². The van der Waals surface area contributed by atoms with Crippen LogP contribution in [0.2, 0.25) is 0 Å². The topological polar surface area (TPSA) is 53.6 Å². The normalized spacial score (nSPS) is 25.2. The molecule has 2 N–H and O–H groups in total. The summed E-state index contributed by atoms with van der Waals surface area (Å²) in [6.07, 6.45) is 3.38. The number of nitrogens with one attached hydrogen (secondary N) is 2. The molecule has 1 amide bonds. The van der Waals surface area contributed by atoms with Crippen LogP contribution in [0, 0.1) is 11.8 Å². The molecule has 0 saturated carbocycles. The fourth-order valence-electron chi connectivity index (χ4n) is 2.95. The monoisotopic (exact) mass is 297 g/mol. The van der Waals surface area contributed by atoms with Crippen molar-refractivity contribution in [2.24, 2.45) is 11.8 Å². The summed E-state index contributed by atoms with van der Waals surface area (Å²) in [6, 6.07) is 0. The molecule has 2 fully saturated rings. The lowest BCUT2D eigenvalue weighted by Gasteiger charge is -2.32. The standard InChI is InChI=1S/C16H31N3O2/c1-13(2)3-7-19-8-4-14(5-9-19)11-18-16(20)15-12-17-6-10-21-15/h13-15,17H,3-12H2,1-2H3,(H,18,20). The van der Waals surface area contributed by atoms with Crippen molar-refractivity contribution < 1.29 is 9.53 Å². The molecule has 2 aliphatic rings. The maximum atomic E-state index is 12.0. The minimum Gasteiger partial charge on any atom is -0.366 e. The average molecular weight is 297 g/mol. The van der Waals surface area contributed by atoms with E-state index in [0.29, 0.717) is 19.1 Å². The Morgan fingerprint density at radius 3 is 2.76 bits per heavy atom. The van der Waals surface area contributed by atoms with Crippen LogP contribution in [-0.4, -0.2) is 62.8 Å². The van der Waals surface area contributed by atoms with Crippen LogP contribution in [0.25, 0.3) is 0 Å². The molecule has 1 unspecified atom stereocenters. The number of morpholine rings is 1. The molecule has 0 aromatic carbocycles. The summed E-state index contributed by atoms with van der Waals surface area (Å²) in [5.41, 5.74) is 0. The van der Waals surface area contributed by atoms with Crippen LogP contribution in [0.5, 0.6) is 0 Å². The predicted octanol–water partition coefficient (Wildman–Crippen LogP) is 0.849. The SMILES string of the molecule is CC(C)CCN1CCC(CNC(=O)C2CNCCO2)CC1. The van der Waals surface area contributed by atoms with Crippen LogP contribution in [0.15, 0.2) is 0 Å². The van der Waals surface area contributed by atoms with Gasteiger partial charge in [-0.15, -0.1) is 0 Å². The number of ether oxygens (including phenoxy) is 1. The highest BCUT2D eigenvalue weighted by Gasteiger charge is 2.24. The van der Waals surface area contributed by atoms with Gasteiger partial charge >= 0.3 is 0 Å². The van der Waals surface area contributed by atoms with E-state index in [0.717, 1.165) is 19.0 Å². The van der Waals surface area contributed by atoms with Gasteiger partial charge in [0.05, 0.1) is 6.61 Å². The lowest BCUT2D eigenvalue weighted by Crippen LogP contribution is -2.49. The summed E-state index contributed by atoms with van der Waals surface area (Å²) in [5.74, 6) is 1.45. The van der Waals surface area contributed by atoms with Crippen molar-refractivity contribution in [2.45, 2.75) is 39.2 Å². The summed E-state index contributed by atoms with van der Waals surface area (Å²) in [5, 5.41) is 6.25. The number of hydrogen-bond acceptors (Lipinski definition) is 4. The zero-order valence-corrected chi connectivity index (χ0v) is 13.6. The molecule has 5 heteroatoms. The van der Waals surface area contributed by atoms with Crippen molar-refractivity contribution in [3.8, 4) is 0 Å². The van der Waals surface area contributed by atoms with Gasteiger partial charge in [0, 0.05) is 19.6 Å². The number of nitrogens with zero attached hydrogens (tertiary/aromatic N) is 1. The van der Waals surface area contributed by atoms with Crippen molar-refractivity contribution in [1.29, 1.82) is 0 Å². The maximum Gasteiger partial charge on any atom is 0.250 e. The molecule has 2 heterocycles. The summed E-state index contributed by atoms with van der Waals surface area (Å²) in [6.45, 7) is 11.1. The van der Waals surface area contributed by atoms with Crippen molar-refractivity contribution in [3.05, 3.63) is 0 Å². The Labute approximate surface area is 128 Å². The van der Waals surface area contributed by atoms with Crippen molar-refractivity contribution in [1.82, 2.24) is 15.5 Å². The summed E-state index contributed by atoms with van der Waals surface area (Å²) in [4.78, 5) is 14.6. The van der Waals surface area contributed by atoms with E-state index < -0.39 is 0 Å². The molecule has 1 atom stereocenters. The largest absolute Gasteiger partial charge is 0.366 e. The van der Waals surface area contributed by atoms with Gasteiger partial charge < -0.3 is 20.3 Å². The highest BCUT2D eigenvalue weighted by molar-refractivity contribution is 5.81. The first-order valence-corrected chi connectivity index (χ1v) is 8.47. The quantitative estimate of drug-likeness (QED) is 0.763. The summed E-state index contributed by atoms with van der Waals surface area (Å²) in [7, 11) is 0. The molecule has 5 nitrogen and oxygen atoms in total. The average Bonchev–Trinajstić information content (AvgIpc) is 2.52. The van der Waals surface area contributed by atoms with Crippen LogP contribution in [0.3, 0.4) is 0 Å². The maximum absolute atomic E-state index is 12.0. The molecule has 2 saturated heterocycles. The Hall–Kier alpha value is -0.650. The van der Waals surface area contributed by atoms with Gasteiger partial charge in [-0.25, -0.2) is 0 Å². The zero-order chi connectivity index (χ0) is 15.1. The van der Waals surface area contributed by atoms with Crippen LogP contribution in [-0.2, 0) is 9.53 Å². The number of carbonyl (C=O) groups excluding carboxylic acids is 1. The van der Waals surface area contributed by atoms with Gasteiger partial charge in [0.1, 0.15) is 6.10 Å². The molecule has 0 aromatic rings. The Kier molecular flexibility index (Phi) is 6.93. The highest BCUT2D eigenvalue weighted by atomic mass is 16.5. The van der Waals surface area contributed by atoms with E-state index in [2.05, 4.69) is 29.4 Å². The fourth-order valence-corrected chi connectivity index (χ4v) is 2.95. The van der Waals surface area contributed by atoms with E-state index in [1.54, 1.807) is 0 Å². The van der Waals surface area contributed by atoms with Gasteiger partial charge in [0.25, 0.3) is 0 Å². The first kappa shape index (κ1) is 16.7. The van der Waals surface area contributed by atoms with E-state index in [4.69, 9.17) is 4.74 Å². The smallest absolute Gasteiger partial charge is 0.250 e. The van der Waals surface area contributed by atoms with Gasteiger partial charge in [-0.1, -0.05) is 13.8 Å². The molecule has 2 aliphatic heterocycles. The molecule has 0 aromatic heterocycles. The predicted molar refractivity (Wildman–Crippen MR) is 84.2 cm³/mol. The minimum atomic E-state index is -0.301. The first-order valence-electron chi connectivity index (χ1n) is 8.47. The van der Waals surface area contributed by atoms with Gasteiger partial charge in [-0.3, -0.25) is 4.79 Å². The molecule has 0 radical (unpaired) electrons. The van der Waals surface area contributed by atoms with Crippen LogP contribution in [0.4, 0.5) is 0 Å². The Balaban J connectivity index is 1.59. The lowest BCUT2D eigenvalue weighted by atomic mass is 9.96. The first-order chi connectivity index (χ1) is 10.1. The minimum absolute atomic E-state index is 0.0458. The zero-order valence-electron chi connectivity index (χ0n) is 13.6. The number of carbonyl (C=O) groups is 1. The molecule has 122 valence electrons. The van der Waals surface area contributed by atoms with E-state index in [1.165, 1.54) is 38.9 Å². The van der Waals surface area contributed by atoms with Crippen LogP contribution >= 0.6 is 0 Å². The Morgan fingerprint density at radius 1 is 1.38 bits per heavy atom. The van der Waals surface area contributed by atoms with Gasteiger partial charge in [-0.05, 0) is 50.7 Å². The van der Waals surface area contributed by atoms with Gasteiger partial charge in [0.2, 0.25) is 5.91 Å². The van der Waals surface area contributed by atoms with Gasteiger partial charge in [0.15, 0.2) is 0 Å². The molecule has 0 aliphatic carbocycles. The molecular formula is C16H31N3O2. The Bertz CT molecular complexity index is 309. The molecule has 21 heavy (non-hydrogen) atoms. The molecule has 0 bridgehead atoms. The number of rotatable bonds is 6. The number of hydrogen-bond donors (Lipinski definition) is 2. The summed E-state index contributed by atoms with van der Waals surface area (Å²) >= 11 is 0. The van der Waals surface area contributed by atoms with E-state index in [-0.39, 0.29) is 12.0 Å². The number of likely N-dealkylation sites (tertiary alicyclic amines) is 1. The fraction of sp³-hybridized carbons (Fsp3) is 0.938. The van der Waals surface area contributed by atoms with Gasteiger partial charge in [-0.2, -0.15) is 0 Å². The van der Waals surface area contributed by atoms with E-state index in [1.807, 2.05) is 0 Å². The third-order valence-corrected chi connectivity index (χ3v) is 4.51. The third kappa shape index (κ3) is 5.93. The van der Waals surface area contributed by atoms with E-state index in [9.17, 15) is 4.79 Å². The Morgan fingerprint density at radius 2 is 2.14 bits per heavy atom. The van der Waals surface area contributed by atoms with Crippen LogP contribution < -0.4 is 10.6 Å². The second-order valence-corrected chi connectivity index (χ2v) is 6.78. The summed E-state index contributed by atoms with van der Waals surface area (Å²) < 4.78 is 5.47. The number of piperidine rings is 1. The molecular weight excluding hydrogens is 266 g/mol. The molecule has 0 spiro atoms. The van der Waals surface area contributed by atoms with Crippen molar-refractivity contribution >= 4 is 5.91 Å². The lowest BCUT2D eigenvalue weighted by molar-refractivity contribution is -0.134. The molecule has 2 rings (SSSR count). The number of amides is 1. The highest BCUT2D eigenvalue weighted by Crippen LogP contribution is 2.17. The van der Waals surface area contributed by atoms with Crippen LogP contribution in [0.1, 0.15) is 33.1 Å². The second-order valence-electron chi connectivity index (χ2n) is 6.78.